The number of benzene rings is 2. The predicted octanol–water partition coefficient (Wildman–Crippen LogP) is 3.49. The lowest BCUT2D eigenvalue weighted by molar-refractivity contribution is 0.0730. The number of rotatable bonds is 6. The van der Waals surface area contributed by atoms with Gasteiger partial charge in [-0.05, 0) is 38.2 Å². The van der Waals surface area contributed by atoms with Crippen LogP contribution in [0.5, 0.6) is 5.75 Å². The van der Waals surface area contributed by atoms with E-state index in [0.29, 0.717) is 23.1 Å². The number of likely N-dealkylation sites (N-methyl/N-ethyl adjacent to an activating group) is 1. The Balaban J connectivity index is 1.92. The number of fused-ring (bicyclic) bond motifs is 1. The summed E-state index contributed by atoms with van der Waals surface area (Å²) in [7, 11) is -1.96. The summed E-state index contributed by atoms with van der Waals surface area (Å²) in [6.07, 6.45) is -0.339. The van der Waals surface area contributed by atoms with E-state index in [1.165, 1.54) is 16.4 Å². The molecule has 2 aromatic carbocycles. The monoisotopic (exact) mass is 514 g/mol. The minimum absolute atomic E-state index is 0.0738. The first kappa shape index (κ1) is 24.1. The molecule has 0 aromatic heterocycles. The minimum Gasteiger partial charge on any atom is -0.487 e. The molecule has 0 radical (unpaired) electrons. The smallest absolute Gasteiger partial charge is 0.247 e. The van der Waals surface area contributed by atoms with E-state index in [0.717, 1.165) is 0 Å². The van der Waals surface area contributed by atoms with Gasteiger partial charge in [-0.15, -0.1) is 0 Å². The molecule has 1 N–H and O–H groups in total. The fraction of sp³-hybridized carbons (Fsp3) is 0.455. The summed E-state index contributed by atoms with van der Waals surface area (Å²) in [6.45, 7) is 4.42. The number of hydrogen-bond donors (Lipinski definition) is 1. The zero-order chi connectivity index (χ0) is 22.8. The van der Waals surface area contributed by atoms with Crippen LogP contribution in [0, 0.1) is 11.7 Å². The van der Waals surface area contributed by atoms with Crippen molar-refractivity contribution in [1.29, 1.82) is 0 Å². The van der Waals surface area contributed by atoms with Gasteiger partial charge in [0.05, 0.1) is 6.61 Å². The van der Waals surface area contributed by atoms with Crippen molar-refractivity contribution in [2.45, 2.75) is 37.4 Å². The van der Waals surface area contributed by atoms with Gasteiger partial charge in [0.15, 0.2) is 0 Å². The van der Waals surface area contributed by atoms with Crippen molar-refractivity contribution in [3.05, 3.63) is 58.3 Å². The molecule has 170 valence electrons. The SMILES string of the molecule is C[C@H]1CN([C@@H](C)CO)S(=O)(=O)c2ccc(Br)cc2O[C@H]1CN(C)Cc1ccccc1F. The molecular weight excluding hydrogens is 487 g/mol. The quantitative estimate of drug-likeness (QED) is 0.638. The number of aliphatic hydroxyl groups is 1. The minimum atomic E-state index is -3.85. The number of ether oxygens (including phenoxy) is 1. The number of aliphatic hydroxyl groups excluding tert-OH is 1. The molecule has 0 bridgehead atoms. The summed E-state index contributed by atoms with van der Waals surface area (Å²) in [5, 5.41) is 9.67. The average Bonchev–Trinajstić information content (AvgIpc) is 2.71. The Bertz CT molecular complexity index is 1020. The van der Waals surface area contributed by atoms with Crippen LogP contribution in [0.1, 0.15) is 19.4 Å². The molecule has 1 aliphatic rings. The molecule has 3 atom stereocenters. The van der Waals surface area contributed by atoms with Gasteiger partial charge in [0.2, 0.25) is 10.0 Å². The summed E-state index contributed by atoms with van der Waals surface area (Å²) < 4.78 is 49.0. The van der Waals surface area contributed by atoms with Crippen LogP contribution in [0.15, 0.2) is 51.8 Å². The van der Waals surface area contributed by atoms with Crippen LogP contribution in [0.3, 0.4) is 0 Å². The highest BCUT2D eigenvalue weighted by molar-refractivity contribution is 9.10. The standard InChI is InChI=1S/C22H28BrFN2O4S/c1-15-11-26(16(2)14-27)31(28,29)22-9-8-18(23)10-20(22)30-21(15)13-25(3)12-17-6-4-5-7-19(17)24/h4-10,15-16,21,27H,11-14H2,1-3H3/t15-,16-,21-/m0/s1. The second-order valence-electron chi connectivity index (χ2n) is 8.12. The Hall–Kier alpha value is -1.52. The second kappa shape index (κ2) is 9.95. The lowest BCUT2D eigenvalue weighted by Gasteiger charge is -2.37. The van der Waals surface area contributed by atoms with E-state index >= 15 is 0 Å². The van der Waals surface area contributed by atoms with E-state index in [1.54, 1.807) is 37.3 Å². The number of sulfonamides is 1. The van der Waals surface area contributed by atoms with Crippen molar-refractivity contribution in [2.75, 3.05) is 26.7 Å². The Morgan fingerprint density at radius 3 is 2.71 bits per heavy atom. The lowest BCUT2D eigenvalue weighted by Crippen LogP contribution is -2.49. The molecule has 0 spiro atoms. The average molecular weight is 515 g/mol. The van der Waals surface area contributed by atoms with E-state index < -0.39 is 16.1 Å². The van der Waals surface area contributed by atoms with Crippen molar-refractivity contribution in [3.8, 4) is 5.75 Å². The molecule has 1 heterocycles. The Kier molecular flexibility index (Phi) is 7.75. The lowest BCUT2D eigenvalue weighted by atomic mass is 10.0. The fourth-order valence-electron chi connectivity index (χ4n) is 3.71. The van der Waals surface area contributed by atoms with Crippen LogP contribution in [0.2, 0.25) is 0 Å². The first-order chi connectivity index (χ1) is 14.6. The maximum atomic E-state index is 14.1. The molecular formula is C22H28BrFN2O4S. The molecule has 0 saturated carbocycles. The predicted molar refractivity (Wildman–Crippen MR) is 121 cm³/mol. The Morgan fingerprint density at radius 1 is 1.32 bits per heavy atom. The fourth-order valence-corrected chi connectivity index (χ4v) is 5.87. The van der Waals surface area contributed by atoms with Gasteiger partial charge in [0.25, 0.3) is 0 Å². The van der Waals surface area contributed by atoms with Crippen LogP contribution in [0.25, 0.3) is 0 Å². The van der Waals surface area contributed by atoms with Gasteiger partial charge in [0.1, 0.15) is 22.6 Å². The molecule has 31 heavy (non-hydrogen) atoms. The molecule has 0 amide bonds. The Morgan fingerprint density at radius 2 is 2.03 bits per heavy atom. The van der Waals surface area contributed by atoms with Gasteiger partial charge in [-0.1, -0.05) is 41.1 Å². The number of halogens is 2. The highest BCUT2D eigenvalue weighted by Crippen LogP contribution is 2.35. The van der Waals surface area contributed by atoms with E-state index in [9.17, 15) is 17.9 Å². The van der Waals surface area contributed by atoms with Crippen molar-refractivity contribution in [2.24, 2.45) is 5.92 Å². The van der Waals surface area contributed by atoms with Gasteiger partial charge < -0.3 is 9.84 Å². The summed E-state index contributed by atoms with van der Waals surface area (Å²) >= 11 is 3.39. The van der Waals surface area contributed by atoms with E-state index in [2.05, 4.69) is 15.9 Å². The summed E-state index contributed by atoms with van der Waals surface area (Å²) in [6, 6.07) is 10.9. The van der Waals surface area contributed by atoms with E-state index in [-0.39, 0.29) is 41.6 Å². The zero-order valence-electron chi connectivity index (χ0n) is 17.8. The van der Waals surface area contributed by atoms with E-state index in [4.69, 9.17) is 4.74 Å². The molecule has 9 heteroatoms. The van der Waals surface area contributed by atoms with Crippen molar-refractivity contribution < 1.29 is 22.7 Å². The molecule has 0 fully saturated rings. The second-order valence-corrected chi connectivity index (χ2v) is 10.9. The maximum absolute atomic E-state index is 14.1. The van der Waals surface area contributed by atoms with Crippen LogP contribution < -0.4 is 4.74 Å². The summed E-state index contributed by atoms with van der Waals surface area (Å²) in [5.74, 6) is -0.163. The van der Waals surface area contributed by atoms with Crippen molar-refractivity contribution >= 4 is 26.0 Å². The van der Waals surface area contributed by atoms with Gasteiger partial charge in [-0.3, -0.25) is 4.90 Å². The number of hydrogen-bond acceptors (Lipinski definition) is 5. The first-order valence-corrected chi connectivity index (χ1v) is 12.4. The summed E-state index contributed by atoms with van der Waals surface area (Å²) in [4.78, 5) is 2.04. The van der Waals surface area contributed by atoms with Crippen LogP contribution >= 0.6 is 15.9 Å². The molecule has 0 aliphatic carbocycles. The van der Waals surface area contributed by atoms with Crippen LogP contribution in [-0.2, 0) is 16.6 Å². The molecule has 2 aromatic rings. The summed E-state index contributed by atoms with van der Waals surface area (Å²) in [5.41, 5.74) is 0.588. The van der Waals surface area contributed by atoms with Crippen molar-refractivity contribution in [3.63, 3.8) is 0 Å². The normalized spacial score (nSPS) is 22.3. The highest BCUT2D eigenvalue weighted by Gasteiger charge is 2.38. The third-order valence-corrected chi connectivity index (χ3v) is 8.03. The van der Waals surface area contributed by atoms with Crippen LogP contribution in [-0.4, -0.2) is 61.6 Å². The first-order valence-electron chi connectivity index (χ1n) is 10.1. The van der Waals surface area contributed by atoms with Crippen molar-refractivity contribution in [1.82, 2.24) is 9.21 Å². The molecule has 3 rings (SSSR count). The highest BCUT2D eigenvalue weighted by atomic mass is 79.9. The molecule has 0 unspecified atom stereocenters. The molecule has 6 nitrogen and oxygen atoms in total. The van der Waals surface area contributed by atoms with Crippen LogP contribution in [0.4, 0.5) is 4.39 Å². The van der Waals surface area contributed by atoms with Gasteiger partial charge in [0, 0.05) is 41.6 Å². The van der Waals surface area contributed by atoms with Gasteiger partial charge >= 0.3 is 0 Å². The Labute approximate surface area is 191 Å². The third-order valence-electron chi connectivity index (χ3n) is 5.52. The molecule has 0 saturated heterocycles. The zero-order valence-corrected chi connectivity index (χ0v) is 20.2. The largest absolute Gasteiger partial charge is 0.487 e. The molecule has 1 aliphatic heterocycles. The third kappa shape index (κ3) is 5.46. The van der Waals surface area contributed by atoms with E-state index in [1.807, 2.05) is 18.9 Å². The number of nitrogens with zero attached hydrogens (tertiary/aromatic N) is 2. The topological polar surface area (TPSA) is 70.1 Å². The van der Waals surface area contributed by atoms with Gasteiger partial charge in [-0.25, -0.2) is 12.8 Å². The maximum Gasteiger partial charge on any atom is 0.247 e. The van der Waals surface area contributed by atoms with Gasteiger partial charge in [-0.2, -0.15) is 4.31 Å².